The van der Waals surface area contributed by atoms with E-state index < -0.39 is 20.8 Å². The average Bonchev–Trinajstić information content (AvgIpc) is 2.37. The van der Waals surface area contributed by atoms with Crippen molar-refractivity contribution in [2.24, 2.45) is 0 Å². The van der Waals surface area contributed by atoms with Crippen molar-refractivity contribution in [3.63, 3.8) is 0 Å². The van der Waals surface area contributed by atoms with E-state index in [1.165, 1.54) is 25.3 Å². The average molecular weight is 320 g/mol. The predicted octanol–water partition coefficient (Wildman–Crippen LogP) is 0.713. The fourth-order valence-electron chi connectivity index (χ4n) is 1.55. The SMILES string of the molecule is COc1cc(N)ccc1S(=O)(=O)NCCC(C)S(C)=O. The molecule has 0 bridgehead atoms. The molecule has 0 saturated heterocycles. The standard InChI is InChI=1S/C12H20N2O4S2/c1-9(19(3)15)6-7-14-20(16,17)12-5-4-10(13)8-11(12)18-2/h4-5,8-9,14H,6-7,13H2,1-3H3. The fraction of sp³-hybridized carbons (Fsp3) is 0.500. The van der Waals surface area contributed by atoms with Gasteiger partial charge in [0.25, 0.3) is 0 Å². The summed E-state index contributed by atoms with van der Waals surface area (Å²) in [7, 11) is -3.25. The second-order valence-electron chi connectivity index (χ2n) is 4.41. The molecule has 114 valence electrons. The predicted molar refractivity (Wildman–Crippen MR) is 80.7 cm³/mol. The topological polar surface area (TPSA) is 98.5 Å². The molecule has 6 nitrogen and oxygen atoms in total. The van der Waals surface area contributed by atoms with Crippen LogP contribution in [0.1, 0.15) is 13.3 Å². The molecular weight excluding hydrogens is 300 g/mol. The van der Waals surface area contributed by atoms with Crippen molar-refractivity contribution >= 4 is 26.5 Å². The number of ether oxygens (including phenoxy) is 1. The van der Waals surface area contributed by atoms with Gasteiger partial charge in [-0.3, -0.25) is 4.21 Å². The molecule has 1 aromatic rings. The van der Waals surface area contributed by atoms with Crippen molar-refractivity contribution < 1.29 is 17.4 Å². The maximum absolute atomic E-state index is 12.2. The molecule has 20 heavy (non-hydrogen) atoms. The van der Waals surface area contributed by atoms with Gasteiger partial charge in [-0.2, -0.15) is 0 Å². The summed E-state index contributed by atoms with van der Waals surface area (Å²) in [6, 6.07) is 4.36. The first-order chi connectivity index (χ1) is 9.27. The highest BCUT2D eigenvalue weighted by Gasteiger charge is 2.19. The maximum Gasteiger partial charge on any atom is 0.244 e. The van der Waals surface area contributed by atoms with Crippen LogP contribution in [-0.4, -0.2) is 37.8 Å². The van der Waals surface area contributed by atoms with Crippen LogP contribution in [0.4, 0.5) is 5.69 Å². The molecule has 8 heteroatoms. The van der Waals surface area contributed by atoms with E-state index in [1.54, 1.807) is 6.26 Å². The van der Waals surface area contributed by atoms with E-state index in [4.69, 9.17) is 10.5 Å². The molecule has 0 amide bonds. The summed E-state index contributed by atoms with van der Waals surface area (Å²) in [6.45, 7) is 2.03. The van der Waals surface area contributed by atoms with Gasteiger partial charge in [-0.05, 0) is 18.6 Å². The minimum Gasteiger partial charge on any atom is -0.495 e. The van der Waals surface area contributed by atoms with Gasteiger partial charge in [0.05, 0.1) is 7.11 Å². The third-order valence-corrected chi connectivity index (χ3v) is 5.76. The Morgan fingerprint density at radius 2 is 2.10 bits per heavy atom. The summed E-state index contributed by atoms with van der Waals surface area (Å²) in [5, 5.41) is -0.0639. The number of nitrogens with two attached hydrogens (primary N) is 1. The number of hydrogen-bond acceptors (Lipinski definition) is 5. The summed E-state index contributed by atoms with van der Waals surface area (Å²) in [4.78, 5) is 0.0412. The molecule has 3 N–H and O–H groups in total. The minimum absolute atomic E-state index is 0.0412. The van der Waals surface area contributed by atoms with E-state index in [0.717, 1.165) is 0 Å². The number of hydrogen-bond donors (Lipinski definition) is 2. The van der Waals surface area contributed by atoms with E-state index >= 15 is 0 Å². The van der Waals surface area contributed by atoms with Gasteiger partial charge in [0.2, 0.25) is 10.0 Å². The zero-order valence-electron chi connectivity index (χ0n) is 11.8. The molecular formula is C12H20N2O4S2. The molecule has 0 aliphatic carbocycles. The number of sulfonamides is 1. The van der Waals surface area contributed by atoms with Crippen LogP contribution in [0.25, 0.3) is 0 Å². The van der Waals surface area contributed by atoms with Crippen molar-refractivity contribution in [1.29, 1.82) is 0 Å². The van der Waals surface area contributed by atoms with Crippen LogP contribution < -0.4 is 15.2 Å². The van der Waals surface area contributed by atoms with Crippen molar-refractivity contribution in [2.45, 2.75) is 23.5 Å². The van der Waals surface area contributed by atoms with Crippen LogP contribution in [0.2, 0.25) is 0 Å². The van der Waals surface area contributed by atoms with Crippen LogP contribution in [-0.2, 0) is 20.8 Å². The van der Waals surface area contributed by atoms with Gasteiger partial charge in [0.1, 0.15) is 10.6 Å². The van der Waals surface area contributed by atoms with Gasteiger partial charge >= 0.3 is 0 Å². The second-order valence-corrected chi connectivity index (χ2v) is 7.94. The molecule has 1 rings (SSSR count). The number of anilines is 1. The monoisotopic (exact) mass is 320 g/mol. The Bertz CT molecular complexity index is 587. The van der Waals surface area contributed by atoms with Crippen molar-refractivity contribution in [1.82, 2.24) is 4.72 Å². The lowest BCUT2D eigenvalue weighted by Gasteiger charge is -2.12. The normalized spacial score (nSPS) is 14.8. The van der Waals surface area contributed by atoms with E-state index in [2.05, 4.69) is 4.72 Å². The first kappa shape index (κ1) is 16.9. The molecule has 0 aliphatic rings. The van der Waals surface area contributed by atoms with Crippen LogP contribution in [0.3, 0.4) is 0 Å². The van der Waals surface area contributed by atoms with E-state index in [1.807, 2.05) is 6.92 Å². The fourth-order valence-corrected chi connectivity index (χ4v) is 3.19. The van der Waals surface area contributed by atoms with Crippen molar-refractivity contribution in [3.8, 4) is 5.75 Å². The number of rotatable bonds is 7. The first-order valence-electron chi connectivity index (χ1n) is 6.03. The highest BCUT2D eigenvalue weighted by molar-refractivity contribution is 7.89. The summed E-state index contributed by atoms with van der Waals surface area (Å²) in [5.41, 5.74) is 6.02. The quantitative estimate of drug-likeness (QED) is 0.721. The molecule has 0 fully saturated rings. The van der Waals surface area contributed by atoms with Crippen LogP contribution in [0.5, 0.6) is 5.75 Å². The van der Waals surface area contributed by atoms with Gasteiger partial charge in [-0.1, -0.05) is 6.92 Å². The summed E-state index contributed by atoms with van der Waals surface area (Å²) in [6.07, 6.45) is 2.10. The Labute approximate surface area is 122 Å². The van der Waals surface area contributed by atoms with E-state index in [0.29, 0.717) is 12.1 Å². The molecule has 0 aliphatic heterocycles. The third kappa shape index (κ3) is 4.46. The Morgan fingerprint density at radius 3 is 2.65 bits per heavy atom. The second kappa shape index (κ2) is 7.05. The van der Waals surface area contributed by atoms with Crippen molar-refractivity contribution in [2.75, 3.05) is 25.6 Å². The number of nitrogen functional groups attached to an aromatic ring is 1. The first-order valence-corrected chi connectivity index (χ1v) is 9.13. The van der Waals surface area contributed by atoms with Gasteiger partial charge in [0, 0.05) is 40.6 Å². The highest BCUT2D eigenvalue weighted by atomic mass is 32.2. The summed E-state index contributed by atoms with van der Waals surface area (Å²) in [5.74, 6) is 0.199. The molecule has 2 unspecified atom stereocenters. The number of methoxy groups -OCH3 is 1. The number of nitrogens with one attached hydrogen (secondary N) is 1. The largest absolute Gasteiger partial charge is 0.495 e. The third-order valence-electron chi connectivity index (χ3n) is 2.89. The number of benzene rings is 1. The molecule has 0 aromatic heterocycles. The molecule has 2 atom stereocenters. The molecule has 0 saturated carbocycles. The zero-order chi connectivity index (χ0) is 15.3. The Hall–Kier alpha value is -1.12. The van der Waals surface area contributed by atoms with Crippen LogP contribution in [0.15, 0.2) is 23.1 Å². The Kier molecular flexibility index (Phi) is 5.97. The van der Waals surface area contributed by atoms with Gasteiger partial charge in [0.15, 0.2) is 0 Å². The van der Waals surface area contributed by atoms with E-state index in [9.17, 15) is 12.6 Å². The Balaban J connectivity index is 2.82. The minimum atomic E-state index is -3.67. The summed E-state index contributed by atoms with van der Waals surface area (Å²) < 4.78 is 43.0. The van der Waals surface area contributed by atoms with Gasteiger partial charge in [-0.15, -0.1) is 0 Å². The van der Waals surface area contributed by atoms with E-state index in [-0.39, 0.29) is 22.4 Å². The van der Waals surface area contributed by atoms with Crippen LogP contribution in [0, 0.1) is 0 Å². The highest BCUT2D eigenvalue weighted by Crippen LogP contribution is 2.25. The van der Waals surface area contributed by atoms with Gasteiger partial charge < -0.3 is 10.5 Å². The summed E-state index contributed by atoms with van der Waals surface area (Å²) >= 11 is 0. The molecule has 0 radical (unpaired) electrons. The Morgan fingerprint density at radius 1 is 1.45 bits per heavy atom. The molecule has 0 heterocycles. The maximum atomic E-state index is 12.2. The molecule has 1 aromatic carbocycles. The van der Waals surface area contributed by atoms with Gasteiger partial charge in [-0.25, -0.2) is 13.1 Å². The smallest absolute Gasteiger partial charge is 0.244 e. The lowest BCUT2D eigenvalue weighted by Crippen LogP contribution is -2.28. The lowest BCUT2D eigenvalue weighted by atomic mass is 10.3. The van der Waals surface area contributed by atoms with Crippen LogP contribution >= 0.6 is 0 Å². The molecule has 0 spiro atoms. The zero-order valence-corrected chi connectivity index (χ0v) is 13.4. The van der Waals surface area contributed by atoms with Crippen molar-refractivity contribution in [3.05, 3.63) is 18.2 Å². The lowest BCUT2D eigenvalue weighted by molar-refractivity contribution is 0.402.